The number of nitrogens with zero attached hydrogens (tertiary/aromatic N) is 3. The number of aromatic nitrogens is 2. The molecule has 3 heterocycles. The molecule has 4 rings (SSSR count). The van der Waals surface area contributed by atoms with Crippen LogP contribution in [0.25, 0.3) is 11.1 Å². The Hall–Kier alpha value is -3.26. The van der Waals surface area contributed by atoms with E-state index in [0.717, 1.165) is 41.7 Å². The van der Waals surface area contributed by atoms with E-state index in [1.165, 1.54) is 13.3 Å². The van der Waals surface area contributed by atoms with Crippen LogP contribution in [-0.4, -0.2) is 41.5 Å². The van der Waals surface area contributed by atoms with Crippen molar-refractivity contribution in [3.63, 3.8) is 0 Å². The van der Waals surface area contributed by atoms with E-state index >= 15 is 0 Å². The maximum absolute atomic E-state index is 13.6. The Morgan fingerprint density at radius 3 is 2.69 bits per heavy atom. The van der Waals surface area contributed by atoms with Crippen molar-refractivity contribution in [1.82, 2.24) is 15.3 Å². The van der Waals surface area contributed by atoms with E-state index in [9.17, 15) is 9.59 Å². The third-order valence-electron chi connectivity index (χ3n) is 5.92. The monoisotopic (exact) mass is 436 g/mol. The Labute approximate surface area is 187 Å². The molecule has 1 fully saturated rings. The van der Waals surface area contributed by atoms with E-state index in [1.807, 2.05) is 26.0 Å². The lowest BCUT2D eigenvalue weighted by atomic mass is 9.97. The van der Waals surface area contributed by atoms with Crippen LogP contribution in [0.3, 0.4) is 0 Å². The molecule has 1 aliphatic rings. The smallest absolute Gasteiger partial charge is 0.308 e. The molecule has 0 spiro atoms. The fourth-order valence-corrected chi connectivity index (χ4v) is 4.10. The molecular formula is C24H28N4O4. The lowest BCUT2D eigenvalue weighted by Crippen LogP contribution is -2.44. The molecule has 0 bridgehead atoms. The highest BCUT2D eigenvalue weighted by molar-refractivity contribution is 6.02. The highest BCUT2D eigenvalue weighted by atomic mass is 16.5. The molecule has 168 valence electrons. The number of benzene rings is 1. The maximum atomic E-state index is 13.6. The van der Waals surface area contributed by atoms with Crippen LogP contribution in [0.2, 0.25) is 0 Å². The fourth-order valence-electron chi connectivity index (χ4n) is 4.10. The number of nitrogens with one attached hydrogen (secondary N) is 1. The zero-order chi connectivity index (χ0) is 22.7. The molecule has 1 atom stereocenters. The van der Waals surface area contributed by atoms with Crippen molar-refractivity contribution in [2.75, 3.05) is 24.5 Å². The van der Waals surface area contributed by atoms with Crippen LogP contribution < -0.4 is 15.0 Å². The number of aryl methyl sites for hydroxylation is 2. The van der Waals surface area contributed by atoms with E-state index in [0.29, 0.717) is 36.8 Å². The minimum Gasteiger partial charge on any atom is -0.443 e. The summed E-state index contributed by atoms with van der Waals surface area (Å²) in [6.07, 6.45) is 3.92. The van der Waals surface area contributed by atoms with Gasteiger partial charge in [0.15, 0.2) is 0 Å². The molecular weight excluding hydrogens is 408 g/mol. The standard InChI is InChI=1S/C24H28N4O4/c1-15-16(2)31-23-21(15)22(26-14-27-23)28(24(30)19-5-4-11-25-13-19)12-10-18-6-8-20(9-7-18)32-17(3)29/h6-9,14,19,25H,4-5,10-13H2,1-3H3. The van der Waals surface area contributed by atoms with Gasteiger partial charge in [0.25, 0.3) is 0 Å². The normalized spacial score (nSPS) is 16.2. The van der Waals surface area contributed by atoms with E-state index in [1.54, 1.807) is 17.0 Å². The van der Waals surface area contributed by atoms with Gasteiger partial charge in [-0.25, -0.2) is 9.97 Å². The van der Waals surface area contributed by atoms with Crippen molar-refractivity contribution in [3.05, 3.63) is 47.5 Å². The largest absolute Gasteiger partial charge is 0.443 e. The zero-order valence-corrected chi connectivity index (χ0v) is 18.7. The second-order valence-corrected chi connectivity index (χ2v) is 8.18. The fraction of sp³-hybridized carbons (Fsp3) is 0.417. The van der Waals surface area contributed by atoms with Crippen LogP contribution in [-0.2, 0) is 16.0 Å². The molecule has 32 heavy (non-hydrogen) atoms. The number of carbonyl (C=O) groups excluding carboxylic acids is 2. The van der Waals surface area contributed by atoms with Gasteiger partial charge in [0.1, 0.15) is 23.7 Å². The molecule has 1 aromatic carbocycles. The predicted molar refractivity (Wildman–Crippen MR) is 121 cm³/mol. The number of amides is 1. The highest BCUT2D eigenvalue weighted by Gasteiger charge is 2.30. The SMILES string of the molecule is CC(=O)Oc1ccc(CCN(C(=O)C2CCCNC2)c2ncnc3oc(C)c(C)c23)cc1. The summed E-state index contributed by atoms with van der Waals surface area (Å²) < 4.78 is 10.9. The van der Waals surface area contributed by atoms with Gasteiger partial charge in [-0.2, -0.15) is 0 Å². The van der Waals surface area contributed by atoms with Gasteiger partial charge in [-0.3, -0.25) is 14.5 Å². The highest BCUT2D eigenvalue weighted by Crippen LogP contribution is 2.32. The number of rotatable bonds is 6. The van der Waals surface area contributed by atoms with Crippen molar-refractivity contribution < 1.29 is 18.7 Å². The molecule has 1 saturated heterocycles. The van der Waals surface area contributed by atoms with Crippen LogP contribution in [0, 0.1) is 19.8 Å². The van der Waals surface area contributed by atoms with Crippen LogP contribution in [0.15, 0.2) is 35.0 Å². The number of carbonyl (C=O) groups is 2. The van der Waals surface area contributed by atoms with Gasteiger partial charge in [0.2, 0.25) is 11.6 Å². The molecule has 1 unspecified atom stereocenters. The van der Waals surface area contributed by atoms with Crippen LogP contribution >= 0.6 is 0 Å². The first-order chi connectivity index (χ1) is 15.4. The zero-order valence-electron chi connectivity index (χ0n) is 18.7. The predicted octanol–water partition coefficient (Wildman–Crippen LogP) is 3.34. The summed E-state index contributed by atoms with van der Waals surface area (Å²) in [6, 6.07) is 7.35. The number of ether oxygens (including phenoxy) is 1. The van der Waals surface area contributed by atoms with Crippen LogP contribution in [0.1, 0.15) is 36.7 Å². The second kappa shape index (κ2) is 9.48. The number of hydrogen-bond donors (Lipinski definition) is 1. The van der Waals surface area contributed by atoms with Crippen LogP contribution in [0.5, 0.6) is 5.75 Å². The first kappa shape index (κ1) is 22.0. The summed E-state index contributed by atoms with van der Waals surface area (Å²) in [6.45, 7) is 7.31. The molecule has 8 nitrogen and oxygen atoms in total. The number of esters is 1. The van der Waals surface area contributed by atoms with Gasteiger partial charge in [-0.1, -0.05) is 12.1 Å². The quantitative estimate of drug-likeness (QED) is 0.467. The van der Waals surface area contributed by atoms with Gasteiger partial charge in [0.05, 0.1) is 11.3 Å². The van der Waals surface area contributed by atoms with Gasteiger partial charge >= 0.3 is 5.97 Å². The molecule has 1 amide bonds. The van der Waals surface area contributed by atoms with Crippen molar-refractivity contribution in [3.8, 4) is 5.75 Å². The molecule has 0 saturated carbocycles. The number of hydrogen-bond acceptors (Lipinski definition) is 7. The Morgan fingerprint density at radius 1 is 1.22 bits per heavy atom. The number of furan rings is 1. The number of piperidine rings is 1. The average molecular weight is 437 g/mol. The van der Waals surface area contributed by atoms with E-state index < -0.39 is 0 Å². The molecule has 0 radical (unpaired) electrons. The molecule has 2 aromatic heterocycles. The average Bonchev–Trinajstić information content (AvgIpc) is 3.09. The molecule has 1 aliphatic heterocycles. The van der Waals surface area contributed by atoms with E-state index in [2.05, 4.69) is 15.3 Å². The minimum atomic E-state index is -0.353. The number of fused-ring (bicyclic) bond motifs is 1. The lowest BCUT2D eigenvalue weighted by Gasteiger charge is -2.29. The van der Waals surface area contributed by atoms with E-state index in [-0.39, 0.29) is 17.8 Å². The summed E-state index contributed by atoms with van der Waals surface area (Å²) in [7, 11) is 0. The van der Waals surface area contributed by atoms with Gasteiger partial charge < -0.3 is 14.5 Å². The number of anilines is 1. The summed E-state index contributed by atoms with van der Waals surface area (Å²) in [5.41, 5.74) is 2.47. The summed E-state index contributed by atoms with van der Waals surface area (Å²) in [4.78, 5) is 35.3. The maximum Gasteiger partial charge on any atom is 0.308 e. The topological polar surface area (TPSA) is 97.6 Å². The molecule has 0 aliphatic carbocycles. The molecule has 3 aromatic rings. The summed E-state index contributed by atoms with van der Waals surface area (Å²) >= 11 is 0. The van der Waals surface area contributed by atoms with Gasteiger partial charge in [0, 0.05) is 25.6 Å². The Kier molecular flexibility index (Phi) is 6.50. The first-order valence-electron chi connectivity index (χ1n) is 10.9. The third-order valence-corrected chi connectivity index (χ3v) is 5.92. The molecule has 8 heteroatoms. The molecule has 1 N–H and O–H groups in total. The Balaban J connectivity index is 1.63. The Bertz CT molecular complexity index is 1120. The van der Waals surface area contributed by atoms with Crippen molar-refractivity contribution in [2.24, 2.45) is 5.92 Å². The third kappa shape index (κ3) is 4.65. The Morgan fingerprint density at radius 2 is 2.00 bits per heavy atom. The lowest BCUT2D eigenvalue weighted by molar-refractivity contribution is -0.131. The van der Waals surface area contributed by atoms with Gasteiger partial charge in [-0.15, -0.1) is 0 Å². The van der Waals surface area contributed by atoms with Crippen molar-refractivity contribution >= 4 is 28.8 Å². The summed E-state index contributed by atoms with van der Waals surface area (Å²) in [5, 5.41) is 4.11. The van der Waals surface area contributed by atoms with Crippen molar-refractivity contribution in [1.29, 1.82) is 0 Å². The minimum absolute atomic E-state index is 0.0620. The summed E-state index contributed by atoms with van der Waals surface area (Å²) in [5.74, 6) is 1.49. The van der Waals surface area contributed by atoms with Crippen LogP contribution in [0.4, 0.5) is 5.82 Å². The van der Waals surface area contributed by atoms with Gasteiger partial charge in [-0.05, 0) is 57.4 Å². The van der Waals surface area contributed by atoms with Crippen molar-refractivity contribution in [2.45, 2.75) is 40.0 Å². The first-order valence-corrected chi connectivity index (χ1v) is 10.9. The van der Waals surface area contributed by atoms with E-state index in [4.69, 9.17) is 9.15 Å². The second-order valence-electron chi connectivity index (χ2n) is 8.18.